The van der Waals surface area contributed by atoms with E-state index in [9.17, 15) is 9.59 Å². The van der Waals surface area contributed by atoms with Gasteiger partial charge in [-0.05, 0) is 50.7 Å². The Hall–Kier alpha value is -2.04. The summed E-state index contributed by atoms with van der Waals surface area (Å²) in [4.78, 5) is 27.4. The van der Waals surface area contributed by atoms with Gasteiger partial charge in [0, 0.05) is 24.9 Å². The number of carbonyl (C=O) groups is 2. The monoisotopic (exact) mass is 358 g/mol. The van der Waals surface area contributed by atoms with Crippen LogP contribution in [0.5, 0.6) is 5.75 Å². The number of hydrogen-bond donors (Lipinski definition) is 1. The van der Waals surface area contributed by atoms with Gasteiger partial charge in [-0.1, -0.05) is 25.0 Å². The molecule has 5 heteroatoms. The first-order chi connectivity index (χ1) is 12.7. The molecule has 1 aliphatic carbocycles. The van der Waals surface area contributed by atoms with Crippen molar-refractivity contribution in [1.29, 1.82) is 0 Å². The van der Waals surface area contributed by atoms with E-state index in [1.165, 1.54) is 12.8 Å². The molecule has 0 unspecified atom stereocenters. The van der Waals surface area contributed by atoms with Crippen LogP contribution in [0.3, 0.4) is 0 Å². The fourth-order valence-corrected chi connectivity index (χ4v) is 4.13. The predicted octanol–water partition coefficient (Wildman–Crippen LogP) is 3.84. The van der Waals surface area contributed by atoms with Gasteiger partial charge in [0.25, 0.3) is 0 Å². The zero-order chi connectivity index (χ0) is 18.4. The van der Waals surface area contributed by atoms with Gasteiger partial charge in [-0.25, -0.2) is 0 Å². The van der Waals surface area contributed by atoms with E-state index in [4.69, 9.17) is 4.74 Å². The van der Waals surface area contributed by atoms with Crippen LogP contribution in [0.15, 0.2) is 24.3 Å². The summed E-state index contributed by atoms with van der Waals surface area (Å²) in [5, 5.41) is 2.99. The van der Waals surface area contributed by atoms with E-state index in [2.05, 4.69) is 10.2 Å². The maximum atomic E-state index is 12.8. The summed E-state index contributed by atoms with van der Waals surface area (Å²) in [5.74, 6) is 1.10. The maximum absolute atomic E-state index is 12.8. The highest BCUT2D eigenvalue weighted by Crippen LogP contribution is 2.32. The normalized spacial score (nSPS) is 23.8. The number of methoxy groups -OCH3 is 1. The Morgan fingerprint density at radius 2 is 1.58 bits per heavy atom. The molecule has 1 aromatic carbocycles. The number of nitrogens with zero attached hydrogens (tertiary/aromatic N) is 1. The summed E-state index contributed by atoms with van der Waals surface area (Å²) in [6.07, 6.45) is 7.93. The number of ether oxygens (including phenoxy) is 1. The van der Waals surface area contributed by atoms with Gasteiger partial charge in [-0.3, -0.25) is 9.59 Å². The van der Waals surface area contributed by atoms with Crippen molar-refractivity contribution >= 4 is 17.5 Å². The first-order valence-corrected chi connectivity index (χ1v) is 9.91. The van der Waals surface area contributed by atoms with Gasteiger partial charge in [-0.15, -0.1) is 0 Å². The molecule has 2 aliphatic rings. The number of amides is 2. The molecule has 142 valence electrons. The van der Waals surface area contributed by atoms with Crippen LogP contribution in [0, 0.1) is 11.8 Å². The fraction of sp³-hybridized carbons (Fsp3) is 0.619. The molecule has 3 rings (SSSR count). The molecule has 1 saturated carbocycles. The van der Waals surface area contributed by atoms with E-state index in [-0.39, 0.29) is 17.7 Å². The topological polar surface area (TPSA) is 58.6 Å². The summed E-state index contributed by atoms with van der Waals surface area (Å²) < 4.78 is 5.29. The summed E-state index contributed by atoms with van der Waals surface area (Å²) in [7, 11) is 1.60. The predicted molar refractivity (Wildman–Crippen MR) is 102 cm³/mol. The lowest BCUT2D eigenvalue weighted by Gasteiger charge is -2.31. The molecular formula is C21H30N2O3. The van der Waals surface area contributed by atoms with Gasteiger partial charge in [0.15, 0.2) is 0 Å². The van der Waals surface area contributed by atoms with E-state index >= 15 is 0 Å². The molecule has 0 aromatic heterocycles. The van der Waals surface area contributed by atoms with Gasteiger partial charge in [0.2, 0.25) is 11.8 Å². The highest BCUT2D eigenvalue weighted by atomic mass is 16.5. The number of anilines is 1. The summed E-state index contributed by atoms with van der Waals surface area (Å²) >= 11 is 0. The standard InChI is InChI=1S/C21H30N2O3/c1-26-19-9-5-4-8-18(19)22-20(24)16-10-12-17(13-11-16)21(25)23-14-6-2-3-7-15-23/h4-5,8-9,16-17H,2-3,6-7,10-15H2,1H3,(H,22,24). The number of rotatable bonds is 4. The van der Waals surface area contributed by atoms with Crippen LogP contribution in [0.4, 0.5) is 5.69 Å². The molecule has 1 aliphatic heterocycles. The number of hydrogen-bond acceptors (Lipinski definition) is 3. The lowest BCUT2D eigenvalue weighted by Crippen LogP contribution is -2.39. The molecule has 0 atom stereocenters. The van der Waals surface area contributed by atoms with Gasteiger partial charge >= 0.3 is 0 Å². The molecule has 0 bridgehead atoms. The zero-order valence-corrected chi connectivity index (χ0v) is 15.7. The van der Waals surface area contributed by atoms with Crippen molar-refractivity contribution in [2.75, 3.05) is 25.5 Å². The highest BCUT2D eigenvalue weighted by molar-refractivity contribution is 5.94. The van der Waals surface area contributed by atoms with E-state index in [1.807, 2.05) is 24.3 Å². The number of carbonyl (C=O) groups excluding carboxylic acids is 2. The third-order valence-electron chi connectivity index (χ3n) is 5.73. The Labute approximate surface area is 156 Å². The summed E-state index contributed by atoms with van der Waals surface area (Å²) in [6.45, 7) is 1.82. The number of likely N-dealkylation sites (tertiary alicyclic amines) is 1. The fourth-order valence-electron chi connectivity index (χ4n) is 4.13. The Morgan fingerprint density at radius 1 is 0.962 bits per heavy atom. The Kier molecular flexibility index (Phi) is 6.53. The first-order valence-electron chi connectivity index (χ1n) is 9.91. The SMILES string of the molecule is COc1ccccc1NC(=O)C1CCC(C(=O)N2CCCCCC2)CC1. The quantitative estimate of drug-likeness (QED) is 0.889. The molecule has 2 fully saturated rings. The maximum Gasteiger partial charge on any atom is 0.227 e. The van der Waals surface area contributed by atoms with Crippen molar-refractivity contribution < 1.29 is 14.3 Å². The van der Waals surface area contributed by atoms with Crippen LogP contribution >= 0.6 is 0 Å². The average molecular weight is 358 g/mol. The van der Waals surface area contributed by atoms with E-state index in [0.29, 0.717) is 17.3 Å². The van der Waals surface area contributed by atoms with Crippen molar-refractivity contribution in [2.45, 2.75) is 51.4 Å². The van der Waals surface area contributed by atoms with E-state index in [0.717, 1.165) is 51.6 Å². The van der Waals surface area contributed by atoms with Crippen LogP contribution in [0.2, 0.25) is 0 Å². The van der Waals surface area contributed by atoms with Crippen molar-refractivity contribution in [1.82, 2.24) is 4.90 Å². The van der Waals surface area contributed by atoms with Crippen molar-refractivity contribution in [3.63, 3.8) is 0 Å². The molecule has 0 spiro atoms. The van der Waals surface area contributed by atoms with E-state index in [1.54, 1.807) is 7.11 Å². The van der Waals surface area contributed by atoms with Crippen LogP contribution in [-0.2, 0) is 9.59 Å². The molecule has 26 heavy (non-hydrogen) atoms. The largest absolute Gasteiger partial charge is 0.495 e. The number of benzene rings is 1. The van der Waals surface area contributed by atoms with Gasteiger partial charge in [0.1, 0.15) is 5.75 Å². The molecule has 1 aromatic rings. The lowest BCUT2D eigenvalue weighted by atomic mass is 9.81. The van der Waals surface area contributed by atoms with Crippen LogP contribution < -0.4 is 10.1 Å². The minimum atomic E-state index is -0.0203. The Balaban J connectivity index is 1.51. The second-order valence-electron chi connectivity index (χ2n) is 7.48. The minimum Gasteiger partial charge on any atom is -0.495 e. The molecule has 0 radical (unpaired) electrons. The van der Waals surface area contributed by atoms with Crippen LogP contribution in [-0.4, -0.2) is 36.9 Å². The average Bonchev–Trinajstić information content (AvgIpc) is 2.97. The number of nitrogens with one attached hydrogen (secondary N) is 1. The van der Waals surface area contributed by atoms with Gasteiger partial charge in [0.05, 0.1) is 12.8 Å². The van der Waals surface area contributed by atoms with E-state index < -0.39 is 0 Å². The number of para-hydroxylation sites is 2. The Bertz CT molecular complexity index is 615. The van der Waals surface area contributed by atoms with Gasteiger partial charge in [-0.2, -0.15) is 0 Å². The van der Waals surface area contributed by atoms with Crippen LogP contribution in [0.25, 0.3) is 0 Å². The molecular weight excluding hydrogens is 328 g/mol. The summed E-state index contributed by atoms with van der Waals surface area (Å²) in [5.41, 5.74) is 0.711. The second-order valence-corrected chi connectivity index (χ2v) is 7.48. The smallest absolute Gasteiger partial charge is 0.227 e. The molecule has 2 amide bonds. The first kappa shape index (κ1) is 18.7. The molecule has 5 nitrogen and oxygen atoms in total. The second kappa shape index (κ2) is 9.06. The zero-order valence-electron chi connectivity index (χ0n) is 15.7. The highest BCUT2D eigenvalue weighted by Gasteiger charge is 2.32. The molecule has 1 heterocycles. The van der Waals surface area contributed by atoms with Crippen LogP contribution in [0.1, 0.15) is 51.4 Å². The minimum absolute atomic E-state index is 0.0203. The molecule has 1 saturated heterocycles. The Morgan fingerprint density at radius 3 is 2.23 bits per heavy atom. The molecule has 1 N–H and O–H groups in total. The summed E-state index contributed by atoms with van der Waals surface area (Å²) in [6, 6.07) is 7.46. The third-order valence-corrected chi connectivity index (χ3v) is 5.73. The van der Waals surface area contributed by atoms with Crippen molar-refractivity contribution in [2.24, 2.45) is 11.8 Å². The third kappa shape index (κ3) is 4.57. The van der Waals surface area contributed by atoms with Crippen molar-refractivity contribution in [3.05, 3.63) is 24.3 Å². The lowest BCUT2D eigenvalue weighted by molar-refractivity contribution is -0.137. The van der Waals surface area contributed by atoms with Gasteiger partial charge < -0.3 is 15.0 Å². The van der Waals surface area contributed by atoms with Crippen molar-refractivity contribution in [3.8, 4) is 5.75 Å².